The van der Waals surface area contributed by atoms with Crippen molar-refractivity contribution in [1.29, 1.82) is 0 Å². The van der Waals surface area contributed by atoms with Crippen LogP contribution in [0.4, 0.5) is 0 Å². The fourth-order valence-corrected chi connectivity index (χ4v) is 2.40. The average Bonchev–Trinajstić information content (AvgIpc) is 2.70. The number of aromatic amines is 1. The maximum atomic E-state index is 12.2. The summed E-state index contributed by atoms with van der Waals surface area (Å²) in [4.78, 5) is 28.9. The van der Waals surface area contributed by atoms with Gasteiger partial charge in [-0.3, -0.25) is 9.59 Å². The minimum atomic E-state index is -0.115. The van der Waals surface area contributed by atoms with E-state index in [9.17, 15) is 9.59 Å². The number of carbonyl (C=O) groups is 2. The van der Waals surface area contributed by atoms with Crippen LogP contribution in [0.2, 0.25) is 0 Å². The predicted molar refractivity (Wildman–Crippen MR) is 80.4 cm³/mol. The van der Waals surface area contributed by atoms with Crippen LogP contribution in [0.1, 0.15) is 52.9 Å². The predicted octanol–water partition coefficient (Wildman–Crippen LogP) is 1.91. The Morgan fingerprint density at radius 3 is 2.25 bits per heavy atom. The first-order valence-corrected chi connectivity index (χ1v) is 7.12. The second kappa shape index (κ2) is 7.24. The summed E-state index contributed by atoms with van der Waals surface area (Å²) in [5.74, 6) is -0.163. The van der Waals surface area contributed by atoms with Gasteiger partial charge in [0.05, 0.1) is 11.3 Å². The molecule has 1 aromatic heterocycles. The maximum Gasteiger partial charge on any atom is 0.253 e. The van der Waals surface area contributed by atoms with Crippen molar-refractivity contribution < 1.29 is 9.59 Å². The molecule has 1 heterocycles. The molecule has 1 amide bonds. The molecule has 0 aliphatic rings. The van der Waals surface area contributed by atoms with Crippen LogP contribution in [-0.4, -0.2) is 47.8 Å². The number of ketones is 1. The molecule has 0 aliphatic heterocycles. The van der Waals surface area contributed by atoms with Gasteiger partial charge < -0.3 is 15.2 Å². The van der Waals surface area contributed by atoms with E-state index < -0.39 is 0 Å². The average molecular weight is 279 g/mol. The van der Waals surface area contributed by atoms with Crippen molar-refractivity contribution >= 4 is 11.7 Å². The first-order valence-electron chi connectivity index (χ1n) is 7.12. The molecule has 0 unspecified atom stereocenters. The smallest absolute Gasteiger partial charge is 0.253 e. The summed E-state index contributed by atoms with van der Waals surface area (Å²) >= 11 is 0. The monoisotopic (exact) mass is 279 g/mol. The number of amides is 1. The summed E-state index contributed by atoms with van der Waals surface area (Å²) in [7, 11) is 0. The largest absolute Gasteiger partial charge is 0.355 e. The van der Waals surface area contributed by atoms with Gasteiger partial charge >= 0.3 is 0 Å². The second-order valence-corrected chi connectivity index (χ2v) is 4.96. The lowest BCUT2D eigenvalue weighted by molar-refractivity contribution is 0.0947. The highest BCUT2D eigenvalue weighted by Gasteiger charge is 2.19. The Labute approximate surface area is 120 Å². The molecule has 0 fully saturated rings. The Morgan fingerprint density at radius 1 is 1.20 bits per heavy atom. The van der Waals surface area contributed by atoms with Crippen molar-refractivity contribution in [3.8, 4) is 0 Å². The van der Waals surface area contributed by atoms with E-state index in [1.807, 2.05) is 6.92 Å². The van der Waals surface area contributed by atoms with Crippen molar-refractivity contribution in [3.63, 3.8) is 0 Å². The molecule has 1 rings (SSSR count). The van der Waals surface area contributed by atoms with Crippen molar-refractivity contribution in [1.82, 2.24) is 15.2 Å². The highest BCUT2D eigenvalue weighted by molar-refractivity contribution is 6.02. The fraction of sp³-hybridized carbons (Fsp3) is 0.600. The molecule has 1 aromatic rings. The molecule has 0 saturated carbocycles. The van der Waals surface area contributed by atoms with E-state index in [1.54, 1.807) is 6.92 Å². The van der Waals surface area contributed by atoms with Crippen molar-refractivity contribution in [2.24, 2.45) is 0 Å². The van der Waals surface area contributed by atoms with Gasteiger partial charge in [0.1, 0.15) is 0 Å². The molecule has 5 heteroatoms. The number of rotatable bonds is 7. The molecule has 2 N–H and O–H groups in total. The summed E-state index contributed by atoms with van der Waals surface area (Å²) in [5, 5.41) is 2.92. The second-order valence-electron chi connectivity index (χ2n) is 4.96. The van der Waals surface area contributed by atoms with Gasteiger partial charge in [0.15, 0.2) is 5.78 Å². The fourth-order valence-electron chi connectivity index (χ4n) is 2.40. The zero-order chi connectivity index (χ0) is 15.3. The molecule has 0 spiro atoms. The Hall–Kier alpha value is -1.62. The lowest BCUT2D eigenvalue weighted by Crippen LogP contribution is -2.35. The van der Waals surface area contributed by atoms with Gasteiger partial charge in [-0.05, 0) is 32.5 Å². The standard InChI is InChI=1S/C15H25N3O2/c1-6-18(7-2)9-8-16-15(20)13-10(3)14(12(5)19)17-11(13)4/h17H,6-9H2,1-5H3,(H,16,20). The summed E-state index contributed by atoms with van der Waals surface area (Å²) in [6.45, 7) is 12.7. The quantitative estimate of drug-likeness (QED) is 0.749. The van der Waals surface area contributed by atoms with Crippen molar-refractivity contribution in [2.45, 2.75) is 34.6 Å². The number of aryl methyl sites for hydroxylation is 1. The van der Waals surface area contributed by atoms with E-state index in [0.717, 1.165) is 30.9 Å². The molecule has 0 bridgehead atoms. The normalized spacial score (nSPS) is 10.9. The number of Topliss-reactive ketones (excluding diaryl/α,β-unsaturated/α-hetero) is 1. The molecule has 5 nitrogen and oxygen atoms in total. The SMILES string of the molecule is CCN(CC)CCNC(=O)c1c(C)[nH]c(C(C)=O)c1C. The van der Waals surface area contributed by atoms with Gasteiger partial charge in [-0.1, -0.05) is 13.8 Å². The zero-order valence-corrected chi connectivity index (χ0v) is 13.1. The number of H-pyrrole nitrogens is 1. The zero-order valence-electron chi connectivity index (χ0n) is 13.1. The molecule has 0 radical (unpaired) electrons. The highest BCUT2D eigenvalue weighted by atomic mass is 16.1. The van der Waals surface area contributed by atoms with Crippen LogP contribution in [0.25, 0.3) is 0 Å². The van der Waals surface area contributed by atoms with E-state index >= 15 is 0 Å². The molecule has 0 saturated heterocycles. The van der Waals surface area contributed by atoms with Crippen molar-refractivity contribution in [2.75, 3.05) is 26.2 Å². The van der Waals surface area contributed by atoms with E-state index in [2.05, 4.69) is 29.0 Å². The van der Waals surface area contributed by atoms with Crippen molar-refractivity contribution in [3.05, 3.63) is 22.5 Å². The van der Waals surface area contributed by atoms with Crippen LogP contribution in [0, 0.1) is 13.8 Å². The molecule has 0 aromatic carbocycles. The number of carbonyl (C=O) groups excluding carboxylic acids is 2. The maximum absolute atomic E-state index is 12.2. The van der Waals surface area contributed by atoms with Gasteiger partial charge in [-0.15, -0.1) is 0 Å². The molecular weight excluding hydrogens is 254 g/mol. The third kappa shape index (κ3) is 3.70. The first-order chi connectivity index (χ1) is 9.42. The lowest BCUT2D eigenvalue weighted by Gasteiger charge is -2.18. The number of aromatic nitrogens is 1. The molecule has 112 valence electrons. The molecular formula is C15H25N3O2. The topological polar surface area (TPSA) is 65.2 Å². The van der Waals surface area contributed by atoms with Gasteiger partial charge in [-0.25, -0.2) is 0 Å². The summed E-state index contributed by atoms with van der Waals surface area (Å²) < 4.78 is 0. The Kier molecular flexibility index (Phi) is 5.95. The van der Waals surface area contributed by atoms with Gasteiger partial charge in [0.2, 0.25) is 0 Å². The van der Waals surface area contributed by atoms with Gasteiger partial charge in [0.25, 0.3) is 5.91 Å². The summed E-state index contributed by atoms with van der Waals surface area (Å²) in [5.41, 5.74) is 2.59. The van der Waals surface area contributed by atoms with E-state index in [4.69, 9.17) is 0 Å². The number of hydrogen-bond acceptors (Lipinski definition) is 3. The highest BCUT2D eigenvalue weighted by Crippen LogP contribution is 2.18. The lowest BCUT2D eigenvalue weighted by atomic mass is 10.1. The molecule has 0 aliphatic carbocycles. The van der Waals surface area contributed by atoms with Gasteiger partial charge in [0, 0.05) is 25.7 Å². The minimum Gasteiger partial charge on any atom is -0.355 e. The van der Waals surface area contributed by atoms with Crippen LogP contribution >= 0.6 is 0 Å². The van der Waals surface area contributed by atoms with E-state index in [0.29, 0.717) is 17.8 Å². The van der Waals surface area contributed by atoms with Crippen LogP contribution < -0.4 is 5.32 Å². The minimum absolute atomic E-state index is 0.0483. The molecule has 0 atom stereocenters. The van der Waals surface area contributed by atoms with E-state index in [-0.39, 0.29) is 11.7 Å². The number of nitrogens with zero attached hydrogens (tertiary/aromatic N) is 1. The third-order valence-corrected chi connectivity index (χ3v) is 3.62. The third-order valence-electron chi connectivity index (χ3n) is 3.62. The Balaban J connectivity index is 2.71. The van der Waals surface area contributed by atoms with Gasteiger partial charge in [-0.2, -0.15) is 0 Å². The summed E-state index contributed by atoms with van der Waals surface area (Å²) in [6.07, 6.45) is 0. The number of hydrogen-bond donors (Lipinski definition) is 2. The first kappa shape index (κ1) is 16.4. The molecule has 20 heavy (non-hydrogen) atoms. The van der Waals surface area contributed by atoms with Crippen LogP contribution in [0.15, 0.2) is 0 Å². The Morgan fingerprint density at radius 2 is 1.80 bits per heavy atom. The van der Waals surface area contributed by atoms with Crippen LogP contribution in [0.5, 0.6) is 0 Å². The van der Waals surface area contributed by atoms with E-state index in [1.165, 1.54) is 6.92 Å². The number of nitrogens with one attached hydrogen (secondary N) is 2. The van der Waals surface area contributed by atoms with Crippen LogP contribution in [-0.2, 0) is 0 Å². The van der Waals surface area contributed by atoms with Crippen LogP contribution in [0.3, 0.4) is 0 Å². The number of likely N-dealkylation sites (N-methyl/N-ethyl adjacent to an activating group) is 1. The Bertz CT molecular complexity index is 488. The summed E-state index contributed by atoms with van der Waals surface area (Å²) in [6, 6.07) is 0.